The molecule has 0 aliphatic carbocycles. The molecule has 0 atom stereocenters. The Morgan fingerprint density at radius 3 is 2.63 bits per heavy atom. The lowest BCUT2D eigenvalue weighted by Gasteiger charge is -2.07. The zero-order valence-corrected chi connectivity index (χ0v) is 12.2. The first-order chi connectivity index (χ1) is 9.28. The summed E-state index contributed by atoms with van der Waals surface area (Å²) in [4.78, 5) is 0. The van der Waals surface area contributed by atoms with E-state index in [1.54, 1.807) is 11.3 Å². The van der Waals surface area contributed by atoms with Crippen molar-refractivity contribution in [1.29, 1.82) is 0 Å². The highest BCUT2D eigenvalue weighted by Gasteiger charge is 2.00. The average Bonchev–Trinajstić information content (AvgIpc) is 2.84. The molecule has 0 fully saturated rings. The summed E-state index contributed by atoms with van der Waals surface area (Å²) in [6.07, 6.45) is 2.25. The van der Waals surface area contributed by atoms with Crippen molar-refractivity contribution in [2.45, 2.75) is 33.2 Å². The zero-order valence-electron chi connectivity index (χ0n) is 11.3. The van der Waals surface area contributed by atoms with Crippen molar-refractivity contribution in [2.75, 3.05) is 11.9 Å². The molecule has 0 bridgehead atoms. The smallest absolute Gasteiger partial charge is 0.205 e. The van der Waals surface area contributed by atoms with Crippen LogP contribution in [0, 0.1) is 6.92 Å². The summed E-state index contributed by atoms with van der Waals surface area (Å²) in [5, 5.41) is 13.1. The van der Waals surface area contributed by atoms with Gasteiger partial charge in [-0.15, -0.1) is 10.2 Å². The molecular weight excluding hydrogens is 258 g/mol. The molecule has 0 aliphatic heterocycles. The van der Waals surface area contributed by atoms with Crippen molar-refractivity contribution in [2.24, 2.45) is 0 Å². The Morgan fingerprint density at radius 2 is 2.00 bits per heavy atom. The maximum absolute atomic E-state index is 5.63. The van der Waals surface area contributed by atoms with E-state index in [0.717, 1.165) is 41.9 Å². The maximum atomic E-state index is 5.63. The Kier molecular flexibility index (Phi) is 5.15. The molecule has 0 spiro atoms. The maximum Gasteiger partial charge on any atom is 0.205 e. The van der Waals surface area contributed by atoms with Gasteiger partial charge in [0.05, 0.1) is 6.61 Å². The summed E-state index contributed by atoms with van der Waals surface area (Å²) < 4.78 is 5.63. The molecule has 19 heavy (non-hydrogen) atoms. The van der Waals surface area contributed by atoms with Gasteiger partial charge >= 0.3 is 0 Å². The van der Waals surface area contributed by atoms with Crippen molar-refractivity contribution in [3.8, 4) is 5.75 Å². The number of nitrogens with zero attached hydrogens (tertiary/aromatic N) is 2. The third-order valence-corrected chi connectivity index (χ3v) is 3.46. The van der Waals surface area contributed by atoms with Crippen LogP contribution >= 0.6 is 11.3 Å². The molecular formula is C14H19N3OS. The SMILES string of the molecule is CCCCOc1ccc(CNc2nnc(C)s2)cc1. The Balaban J connectivity index is 1.81. The van der Waals surface area contributed by atoms with Gasteiger partial charge in [-0.05, 0) is 31.0 Å². The first kappa shape index (κ1) is 13.8. The molecule has 2 rings (SSSR count). The van der Waals surface area contributed by atoms with Gasteiger partial charge in [0.25, 0.3) is 0 Å². The second-order valence-electron chi connectivity index (χ2n) is 4.33. The number of rotatable bonds is 7. The minimum atomic E-state index is 0.754. The van der Waals surface area contributed by atoms with Crippen LogP contribution in [0.25, 0.3) is 0 Å². The topological polar surface area (TPSA) is 47.0 Å². The van der Waals surface area contributed by atoms with Crippen molar-refractivity contribution in [3.05, 3.63) is 34.8 Å². The van der Waals surface area contributed by atoms with Gasteiger partial charge in [-0.3, -0.25) is 0 Å². The highest BCUT2D eigenvalue weighted by molar-refractivity contribution is 7.15. The summed E-state index contributed by atoms with van der Waals surface area (Å²) in [6, 6.07) is 8.17. The van der Waals surface area contributed by atoms with E-state index in [-0.39, 0.29) is 0 Å². The summed E-state index contributed by atoms with van der Waals surface area (Å²) in [5.74, 6) is 0.934. The standard InChI is InChI=1S/C14H19N3OS/c1-3-4-9-18-13-7-5-12(6-8-13)10-15-14-17-16-11(2)19-14/h5-8H,3-4,9-10H2,1-2H3,(H,15,17). The van der Waals surface area contributed by atoms with Gasteiger partial charge in [-0.1, -0.05) is 36.8 Å². The Bertz CT molecular complexity index is 496. The second-order valence-corrected chi connectivity index (χ2v) is 5.51. The van der Waals surface area contributed by atoms with E-state index in [1.165, 1.54) is 5.56 Å². The van der Waals surface area contributed by atoms with Gasteiger partial charge in [0.1, 0.15) is 10.8 Å². The molecule has 1 N–H and O–H groups in total. The Morgan fingerprint density at radius 1 is 1.21 bits per heavy atom. The lowest BCUT2D eigenvalue weighted by atomic mass is 10.2. The van der Waals surface area contributed by atoms with E-state index in [1.807, 2.05) is 19.1 Å². The molecule has 0 unspecified atom stereocenters. The van der Waals surface area contributed by atoms with E-state index in [9.17, 15) is 0 Å². The zero-order chi connectivity index (χ0) is 13.5. The predicted octanol–water partition coefficient (Wildman–Crippen LogP) is 3.64. The Hall–Kier alpha value is -1.62. The lowest BCUT2D eigenvalue weighted by Crippen LogP contribution is -2.00. The third-order valence-electron chi connectivity index (χ3n) is 2.66. The van der Waals surface area contributed by atoms with Crippen molar-refractivity contribution < 1.29 is 4.74 Å². The van der Waals surface area contributed by atoms with Crippen LogP contribution in [0.4, 0.5) is 5.13 Å². The molecule has 4 nitrogen and oxygen atoms in total. The van der Waals surface area contributed by atoms with E-state index >= 15 is 0 Å². The van der Waals surface area contributed by atoms with Gasteiger partial charge in [0.15, 0.2) is 0 Å². The number of aromatic nitrogens is 2. The Labute approximate surface area is 117 Å². The molecule has 1 aromatic carbocycles. The van der Waals surface area contributed by atoms with Crippen LogP contribution in [0.3, 0.4) is 0 Å². The molecule has 1 heterocycles. The molecule has 102 valence electrons. The lowest BCUT2D eigenvalue weighted by molar-refractivity contribution is 0.309. The van der Waals surface area contributed by atoms with Gasteiger partial charge in [0, 0.05) is 6.54 Å². The summed E-state index contributed by atoms with van der Waals surface area (Å²) in [7, 11) is 0. The van der Waals surface area contributed by atoms with Crippen molar-refractivity contribution in [3.63, 3.8) is 0 Å². The highest BCUT2D eigenvalue weighted by atomic mass is 32.1. The van der Waals surface area contributed by atoms with Crippen molar-refractivity contribution >= 4 is 16.5 Å². The van der Waals surface area contributed by atoms with E-state index in [0.29, 0.717) is 0 Å². The van der Waals surface area contributed by atoms with Gasteiger partial charge in [-0.2, -0.15) is 0 Å². The summed E-state index contributed by atoms with van der Waals surface area (Å²) in [5.41, 5.74) is 1.20. The summed E-state index contributed by atoms with van der Waals surface area (Å²) >= 11 is 1.57. The number of hydrogen-bond acceptors (Lipinski definition) is 5. The van der Waals surface area contributed by atoms with Crippen LogP contribution < -0.4 is 10.1 Å². The van der Waals surface area contributed by atoms with Crippen LogP contribution in [0.2, 0.25) is 0 Å². The van der Waals surface area contributed by atoms with Crippen LogP contribution in [-0.4, -0.2) is 16.8 Å². The van der Waals surface area contributed by atoms with E-state index in [4.69, 9.17) is 4.74 Å². The largest absolute Gasteiger partial charge is 0.494 e. The average molecular weight is 277 g/mol. The predicted molar refractivity (Wildman–Crippen MR) is 78.8 cm³/mol. The van der Waals surface area contributed by atoms with Crippen molar-refractivity contribution in [1.82, 2.24) is 10.2 Å². The fourth-order valence-electron chi connectivity index (χ4n) is 1.58. The molecule has 5 heteroatoms. The number of benzene rings is 1. The summed E-state index contributed by atoms with van der Waals surface area (Å²) in [6.45, 7) is 5.65. The number of nitrogens with one attached hydrogen (secondary N) is 1. The number of aryl methyl sites for hydroxylation is 1. The minimum Gasteiger partial charge on any atom is -0.494 e. The van der Waals surface area contributed by atoms with Crippen LogP contribution in [0.1, 0.15) is 30.3 Å². The van der Waals surface area contributed by atoms with Gasteiger partial charge in [0.2, 0.25) is 5.13 Å². The number of unbranched alkanes of at least 4 members (excludes halogenated alkanes) is 1. The van der Waals surface area contributed by atoms with E-state index in [2.05, 4.69) is 34.6 Å². The molecule has 1 aromatic heterocycles. The first-order valence-electron chi connectivity index (χ1n) is 6.53. The number of ether oxygens (including phenoxy) is 1. The number of anilines is 1. The second kappa shape index (κ2) is 7.09. The first-order valence-corrected chi connectivity index (χ1v) is 7.35. The van der Waals surface area contributed by atoms with Gasteiger partial charge in [-0.25, -0.2) is 0 Å². The highest BCUT2D eigenvalue weighted by Crippen LogP contribution is 2.16. The van der Waals surface area contributed by atoms with Crippen LogP contribution in [0.5, 0.6) is 5.75 Å². The molecule has 0 aliphatic rings. The molecule has 0 amide bonds. The van der Waals surface area contributed by atoms with Crippen LogP contribution in [-0.2, 0) is 6.54 Å². The third kappa shape index (κ3) is 4.52. The normalized spacial score (nSPS) is 10.4. The number of hydrogen-bond donors (Lipinski definition) is 1. The quantitative estimate of drug-likeness (QED) is 0.785. The molecule has 0 saturated heterocycles. The molecule has 0 radical (unpaired) electrons. The fraction of sp³-hybridized carbons (Fsp3) is 0.429. The monoisotopic (exact) mass is 277 g/mol. The molecule has 2 aromatic rings. The van der Waals surface area contributed by atoms with Gasteiger partial charge < -0.3 is 10.1 Å². The van der Waals surface area contributed by atoms with E-state index < -0.39 is 0 Å². The van der Waals surface area contributed by atoms with Crippen LogP contribution in [0.15, 0.2) is 24.3 Å². The molecule has 0 saturated carbocycles. The fourth-order valence-corrected chi connectivity index (χ4v) is 2.17. The minimum absolute atomic E-state index is 0.754.